The van der Waals surface area contributed by atoms with Crippen molar-refractivity contribution in [3.8, 4) is 0 Å². The first-order valence-electron chi connectivity index (χ1n) is 15.3. The van der Waals surface area contributed by atoms with Crippen molar-refractivity contribution in [3.05, 3.63) is 46.7 Å². The molecule has 1 aromatic carbocycles. The average Bonchev–Trinajstić information content (AvgIpc) is 2.86. The summed E-state index contributed by atoms with van der Waals surface area (Å²) in [4.78, 5) is 0. The summed E-state index contributed by atoms with van der Waals surface area (Å²) in [6, 6.07) is 2.65. The van der Waals surface area contributed by atoms with Crippen molar-refractivity contribution < 1.29 is 287 Å². The summed E-state index contributed by atoms with van der Waals surface area (Å²) in [6.07, 6.45) is 29.8. The zero-order valence-corrected chi connectivity index (χ0v) is 52.5. The van der Waals surface area contributed by atoms with E-state index in [2.05, 4.69) is 39.7 Å². The summed E-state index contributed by atoms with van der Waals surface area (Å²) in [6.45, 7) is 7.31. The third-order valence-electron chi connectivity index (χ3n) is 10.8. The Morgan fingerprint density at radius 2 is 1.12 bits per heavy atom. The van der Waals surface area contributed by atoms with Crippen LogP contribution in [-0.4, -0.2) is 0 Å². The fourth-order valence-electron chi connectivity index (χ4n) is 8.25. The molecule has 0 heterocycles. The van der Waals surface area contributed by atoms with Crippen LogP contribution in [0.15, 0.2) is 6.07 Å². The monoisotopic (exact) mass is 1170 g/mol. The van der Waals surface area contributed by atoms with Crippen LogP contribution in [0.2, 0.25) is 0 Å². The van der Waals surface area contributed by atoms with Gasteiger partial charge < -0.3 is 6.42 Å². The summed E-state index contributed by atoms with van der Waals surface area (Å²) in [7, 11) is 0. The molecule has 0 aromatic heterocycles. The fourth-order valence-corrected chi connectivity index (χ4v) is 8.25. The minimum atomic E-state index is 0. The Bertz CT molecular complexity index is 815. The van der Waals surface area contributed by atoms with E-state index in [-0.39, 0.29) is 287 Å². The Kier molecular flexibility index (Phi) is 42.2. The van der Waals surface area contributed by atoms with Gasteiger partial charge in [0.2, 0.25) is 0 Å². The second-order valence-electron chi connectivity index (χ2n) is 13.3. The van der Waals surface area contributed by atoms with Crippen molar-refractivity contribution in [2.75, 3.05) is 0 Å². The van der Waals surface area contributed by atoms with Gasteiger partial charge in [0.15, 0.2) is 0 Å². The van der Waals surface area contributed by atoms with Crippen LogP contribution in [0.5, 0.6) is 0 Å². The van der Waals surface area contributed by atoms with Gasteiger partial charge in [0, 0.05) is 229 Å². The molecule has 7 radical (unpaired) electrons. The molecule has 3 fully saturated rings. The molecule has 1 aromatic rings. The predicted octanol–water partition coefficient (Wildman–Crippen LogP) is 6.75. The second-order valence-corrected chi connectivity index (χ2v) is 13.3. The van der Waals surface area contributed by atoms with Crippen LogP contribution in [0, 0.1) is 62.2 Å². The molecule has 1 unspecified atom stereocenters. The quantitative estimate of drug-likeness (QED) is 0.277. The Morgan fingerprint density at radius 3 is 1.69 bits per heavy atom. The third-order valence-corrected chi connectivity index (χ3v) is 10.8. The third kappa shape index (κ3) is 18.3. The van der Waals surface area contributed by atoms with Crippen LogP contribution in [-0.2, 0) is 242 Å². The first-order valence-corrected chi connectivity index (χ1v) is 15.3. The van der Waals surface area contributed by atoms with Gasteiger partial charge in [0.1, 0.15) is 0 Å². The van der Waals surface area contributed by atoms with Crippen LogP contribution in [0.3, 0.4) is 0 Å². The number of rotatable bonds is 6. The second kappa shape index (κ2) is 30.9. The fraction of sp³-hybridized carbons (Fsp3) is 0.765. The molecule has 0 saturated heterocycles. The topological polar surface area (TPSA) is 0 Å². The van der Waals surface area contributed by atoms with E-state index in [1.165, 1.54) is 103 Å². The molecule has 5 rings (SSSR count). The molecule has 0 spiro atoms. The molecule has 0 nitrogen and oxygen atoms in total. The van der Waals surface area contributed by atoms with E-state index in [1.54, 1.807) is 34.2 Å². The first-order chi connectivity index (χ1) is 16.5. The SMILES string of the molecule is Cc1c(CC2CCC(CC3CCC(C)CC3)CC2)cc2c(c1C)[CH-]C(CC1CC[CH-]CC1)CC2.[Rb+].[Y].[Y].[Y].[Y].[Y].[Y].[Y]. The maximum Gasteiger partial charge on any atom is 1.00 e. The largest absolute Gasteiger partial charge is 1.00 e. The van der Waals surface area contributed by atoms with Crippen molar-refractivity contribution in [2.24, 2.45) is 35.5 Å². The Hall–Kier alpha value is 8.62. The maximum absolute atomic E-state index is 2.69. The molecule has 0 N–H and O–H groups in total. The number of fused-ring (bicyclic) bond motifs is 1. The van der Waals surface area contributed by atoms with Crippen molar-refractivity contribution in [1.82, 2.24) is 0 Å². The maximum atomic E-state index is 2.69. The predicted molar refractivity (Wildman–Crippen MR) is 147 cm³/mol. The molecule has 0 aliphatic heterocycles. The molecule has 3 saturated carbocycles. The Labute approximate surface area is 487 Å². The van der Waals surface area contributed by atoms with Crippen molar-refractivity contribution in [1.29, 1.82) is 0 Å². The average molecular weight is 1170 g/mol. The zero-order chi connectivity index (χ0) is 23.5. The van der Waals surface area contributed by atoms with E-state index in [0.717, 1.165) is 35.5 Å². The zero-order valence-electron chi connectivity index (χ0n) is 27.8. The molecule has 211 valence electrons. The van der Waals surface area contributed by atoms with Gasteiger partial charge in [-0.05, 0) is 55.3 Å². The van der Waals surface area contributed by atoms with Gasteiger partial charge in [-0.3, -0.25) is 0 Å². The van der Waals surface area contributed by atoms with Crippen molar-refractivity contribution in [2.45, 2.75) is 130 Å². The van der Waals surface area contributed by atoms with E-state index in [9.17, 15) is 0 Å². The molecular formula is C34H52RbY7-. The minimum absolute atomic E-state index is 0. The van der Waals surface area contributed by atoms with Gasteiger partial charge in [-0.1, -0.05) is 103 Å². The molecule has 0 bridgehead atoms. The van der Waals surface area contributed by atoms with Crippen LogP contribution < -0.4 is 58.2 Å². The number of aryl methyl sites for hydroxylation is 1. The van der Waals surface area contributed by atoms with Crippen molar-refractivity contribution in [3.63, 3.8) is 0 Å². The number of hydrogen-bond donors (Lipinski definition) is 0. The first kappa shape index (κ1) is 57.3. The van der Waals surface area contributed by atoms with Crippen LogP contribution in [0.1, 0.15) is 131 Å². The van der Waals surface area contributed by atoms with Gasteiger partial charge in [-0.2, -0.15) is 24.8 Å². The van der Waals surface area contributed by atoms with Gasteiger partial charge in [0.25, 0.3) is 0 Å². The smallest absolute Gasteiger partial charge is 0.328 e. The molecule has 4 aliphatic rings. The standard InChI is InChI=1S/C34H52.Rb.7Y/c1-24-9-11-28(12-10-24)19-29-13-15-30(16-14-29)21-33-23-32-18-17-31(20-27-7-5-4-6-8-27)22-34(32)26(3)25(33)2;;;;;;;;/h4,22-24,27-31H,5-21H2,1-3H3;;;;;;;;/q-2;+1;;;;;;;. The van der Waals surface area contributed by atoms with E-state index < -0.39 is 0 Å². The molecular weight excluding hydrogens is 1120 g/mol. The molecule has 42 heavy (non-hydrogen) atoms. The van der Waals surface area contributed by atoms with Gasteiger partial charge in [0.05, 0.1) is 0 Å². The molecule has 1 atom stereocenters. The number of hydrogen-bond acceptors (Lipinski definition) is 0. The Balaban J connectivity index is -0.000000902. The number of benzene rings is 1. The van der Waals surface area contributed by atoms with Crippen LogP contribution in [0.4, 0.5) is 0 Å². The minimum Gasteiger partial charge on any atom is -0.328 e. The van der Waals surface area contributed by atoms with E-state index in [1.807, 2.05) is 0 Å². The summed E-state index contributed by atoms with van der Waals surface area (Å²) in [5.41, 5.74) is 8.21. The summed E-state index contributed by atoms with van der Waals surface area (Å²) < 4.78 is 0. The van der Waals surface area contributed by atoms with E-state index in [0.29, 0.717) is 0 Å². The van der Waals surface area contributed by atoms with Crippen LogP contribution >= 0.6 is 0 Å². The van der Waals surface area contributed by atoms with Gasteiger partial charge in [-0.25, -0.2) is 0 Å². The normalized spacial score (nSPS) is 26.5. The van der Waals surface area contributed by atoms with E-state index >= 15 is 0 Å². The van der Waals surface area contributed by atoms with Crippen molar-refractivity contribution >= 4 is 0 Å². The molecule has 4 aliphatic carbocycles. The summed E-state index contributed by atoms with van der Waals surface area (Å²) in [5.74, 6) is 5.82. The molecule has 0 amide bonds. The van der Waals surface area contributed by atoms with E-state index in [4.69, 9.17) is 0 Å². The summed E-state index contributed by atoms with van der Waals surface area (Å²) in [5, 5.41) is 0. The van der Waals surface area contributed by atoms with Gasteiger partial charge >= 0.3 is 58.2 Å². The summed E-state index contributed by atoms with van der Waals surface area (Å²) >= 11 is 0. The van der Waals surface area contributed by atoms with Crippen LogP contribution in [0.25, 0.3) is 0 Å². The molecule has 8 heteroatoms. The van der Waals surface area contributed by atoms with Gasteiger partial charge in [-0.15, -0.1) is 22.8 Å². The Morgan fingerprint density at radius 1 is 0.619 bits per heavy atom.